The molecule has 136 valence electrons. The highest BCUT2D eigenvalue weighted by atomic mass is 19.1. The molecule has 1 saturated carbocycles. The van der Waals surface area contributed by atoms with Crippen LogP contribution in [-0.2, 0) is 4.74 Å². The van der Waals surface area contributed by atoms with Crippen molar-refractivity contribution in [3.63, 3.8) is 0 Å². The van der Waals surface area contributed by atoms with Crippen LogP contribution in [0.4, 0.5) is 20.6 Å². The van der Waals surface area contributed by atoms with E-state index in [2.05, 4.69) is 29.4 Å². The van der Waals surface area contributed by atoms with Gasteiger partial charge in [0.25, 0.3) is 0 Å². The topological polar surface area (TPSA) is 53.6 Å². The van der Waals surface area contributed by atoms with Gasteiger partial charge in [-0.2, -0.15) is 0 Å². The van der Waals surface area contributed by atoms with E-state index in [0.29, 0.717) is 17.3 Å². The fourth-order valence-electron chi connectivity index (χ4n) is 4.72. The summed E-state index contributed by atoms with van der Waals surface area (Å²) in [6, 6.07) is 4.74. The van der Waals surface area contributed by atoms with Crippen molar-refractivity contribution in [1.82, 2.24) is 5.32 Å². The van der Waals surface area contributed by atoms with Crippen molar-refractivity contribution in [1.29, 1.82) is 0 Å². The second-order valence-corrected chi connectivity index (χ2v) is 8.00. The molecule has 0 radical (unpaired) electrons. The molecule has 0 aromatic heterocycles. The number of urea groups is 1. The van der Waals surface area contributed by atoms with Crippen molar-refractivity contribution >= 4 is 17.4 Å². The molecule has 5 nitrogen and oxygen atoms in total. The second-order valence-electron chi connectivity index (χ2n) is 8.00. The monoisotopic (exact) mass is 347 g/mol. The highest BCUT2D eigenvalue weighted by Gasteiger charge is 2.59. The molecule has 3 atom stereocenters. The van der Waals surface area contributed by atoms with Gasteiger partial charge in [0.05, 0.1) is 11.8 Å². The van der Waals surface area contributed by atoms with Crippen molar-refractivity contribution in [3.8, 4) is 0 Å². The normalized spacial score (nSPS) is 29.9. The largest absolute Gasteiger partial charge is 0.377 e. The van der Waals surface area contributed by atoms with Gasteiger partial charge >= 0.3 is 6.03 Å². The Morgan fingerprint density at radius 3 is 2.80 bits per heavy atom. The number of hydrogen-bond donors (Lipinski definition) is 2. The number of carbonyl (C=O) groups excluding carboxylic acids is 1. The van der Waals surface area contributed by atoms with Gasteiger partial charge in [0.1, 0.15) is 5.82 Å². The molecule has 2 N–H and O–H groups in total. The number of anilines is 2. The van der Waals surface area contributed by atoms with Gasteiger partial charge in [-0.15, -0.1) is 0 Å². The van der Waals surface area contributed by atoms with E-state index in [1.807, 2.05) is 0 Å². The van der Waals surface area contributed by atoms with Crippen LogP contribution in [0.25, 0.3) is 0 Å². The fourth-order valence-corrected chi connectivity index (χ4v) is 4.72. The minimum Gasteiger partial charge on any atom is -0.377 e. The number of hydrogen-bond acceptors (Lipinski definition) is 3. The Labute approximate surface area is 147 Å². The lowest BCUT2D eigenvalue weighted by atomic mass is 9.57. The van der Waals surface area contributed by atoms with Crippen molar-refractivity contribution in [2.75, 3.05) is 29.9 Å². The zero-order chi connectivity index (χ0) is 17.6. The first-order valence-corrected chi connectivity index (χ1v) is 9.20. The van der Waals surface area contributed by atoms with Crippen molar-refractivity contribution in [2.45, 2.75) is 45.3 Å². The maximum atomic E-state index is 14.4. The van der Waals surface area contributed by atoms with Gasteiger partial charge < -0.3 is 20.3 Å². The molecular weight excluding hydrogens is 321 g/mol. The quantitative estimate of drug-likeness (QED) is 0.881. The molecule has 25 heavy (non-hydrogen) atoms. The summed E-state index contributed by atoms with van der Waals surface area (Å²) in [5.74, 6) is 0.1000. The van der Waals surface area contributed by atoms with E-state index >= 15 is 0 Å². The van der Waals surface area contributed by atoms with E-state index in [0.717, 1.165) is 39.0 Å². The summed E-state index contributed by atoms with van der Waals surface area (Å²) in [6.45, 7) is 6.79. The van der Waals surface area contributed by atoms with Gasteiger partial charge in [0.15, 0.2) is 0 Å². The van der Waals surface area contributed by atoms with Crippen LogP contribution in [0.1, 0.15) is 33.1 Å². The lowest BCUT2D eigenvalue weighted by Gasteiger charge is -2.54. The van der Waals surface area contributed by atoms with Crippen LogP contribution in [0.5, 0.6) is 0 Å². The number of carbonyl (C=O) groups is 1. The summed E-state index contributed by atoms with van der Waals surface area (Å²) in [4.78, 5) is 14.4. The molecule has 0 bridgehead atoms. The molecule has 0 spiro atoms. The highest BCUT2D eigenvalue weighted by molar-refractivity contribution is 5.90. The van der Waals surface area contributed by atoms with Gasteiger partial charge in [0.2, 0.25) is 0 Å². The Balaban J connectivity index is 1.39. The molecular formula is C19H26FN3O2. The third-order valence-electron chi connectivity index (χ3n) is 6.04. The average molecular weight is 347 g/mol. The number of amides is 2. The standard InChI is InChI=1S/C19H26FN3O2/c1-19(2)16(13-7-10-25-17(13)19)22-18(24)21-12-5-6-15(14(20)11-12)23-8-3-4-9-23/h5-6,11,13,16-17H,3-4,7-10H2,1-2H3,(H2,21,22,24)/t13-,16-,17+/m1/s1. The van der Waals surface area contributed by atoms with Gasteiger partial charge in [-0.3, -0.25) is 0 Å². The molecule has 6 heteroatoms. The van der Waals surface area contributed by atoms with Crippen LogP contribution in [-0.4, -0.2) is 37.9 Å². The number of halogens is 1. The molecule has 3 fully saturated rings. The number of ether oxygens (including phenoxy) is 1. The predicted molar refractivity (Wildman–Crippen MR) is 95.4 cm³/mol. The SMILES string of the molecule is CC1(C)[C@H](NC(=O)Nc2ccc(N3CCCC3)c(F)c2)[C@H]2CCO[C@@H]21. The Morgan fingerprint density at radius 1 is 1.32 bits per heavy atom. The molecule has 3 aliphatic rings. The van der Waals surface area contributed by atoms with Crippen LogP contribution >= 0.6 is 0 Å². The van der Waals surface area contributed by atoms with Crippen LogP contribution in [0.2, 0.25) is 0 Å². The zero-order valence-electron chi connectivity index (χ0n) is 14.8. The number of fused-ring (bicyclic) bond motifs is 1. The first-order valence-electron chi connectivity index (χ1n) is 9.20. The fraction of sp³-hybridized carbons (Fsp3) is 0.632. The van der Waals surface area contributed by atoms with Crippen LogP contribution in [0.15, 0.2) is 18.2 Å². The van der Waals surface area contributed by atoms with Gasteiger partial charge in [0, 0.05) is 42.8 Å². The molecule has 1 aromatic carbocycles. The van der Waals surface area contributed by atoms with E-state index in [9.17, 15) is 9.18 Å². The third kappa shape index (κ3) is 2.86. The summed E-state index contributed by atoms with van der Waals surface area (Å²) >= 11 is 0. The first-order chi connectivity index (χ1) is 12.0. The Kier molecular flexibility index (Phi) is 4.10. The minimum absolute atomic E-state index is 0.0661. The highest BCUT2D eigenvalue weighted by Crippen LogP contribution is 2.52. The molecule has 2 aliphatic heterocycles. The van der Waals surface area contributed by atoms with Crippen molar-refractivity contribution < 1.29 is 13.9 Å². The van der Waals surface area contributed by atoms with Gasteiger partial charge in [-0.1, -0.05) is 13.8 Å². The third-order valence-corrected chi connectivity index (χ3v) is 6.04. The molecule has 2 heterocycles. The second kappa shape index (κ2) is 6.16. The predicted octanol–water partition coefficient (Wildman–Crippen LogP) is 3.36. The summed E-state index contributed by atoms with van der Waals surface area (Å²) in [5, 5.41) is 5.82. The number of nitrogens with zero attached hydrogens (tertiary/aromatic N) is 1. The Morgan fingerprint density at radius 2 is 2.08 bits per heavy atom. The van der Waals surface area contributed by atoms with E-state index in [-0.39, 0.29) is 29.4 Å². The maximum absolute atomic E-state index is 14.4. The summed E-state index contributed by atoms with van der Waals surface area (Å²) in [6.07, 6.45) is 3.42. The van der Waals surface area contributed by atoms with E-state index in [1.165, 1.54) is 6.07 Å². The van der Waals surface area contributed by atoms with Crippen LogP contribution in [0.3, 0.4) is 0 Å². The van der Waals surface area contributed by atoms with Gasteiger partial charge in [-0.05, 0) is 37.5 Å². The molecule has 4 rings (SSSR count). The van der Waals surface area contributed by atoms with Crippen molar-refractivity contribution in [2.24, 2.45) is 11.3 Å². The van der Waals surface area contributed by atoms with E-state index in [1.54, 1.807) is 12.1 Å². The number of rotatable bonds is 3. The van der Waals surface area contributed by atoms with Gasteiger partial charge in [-0.25, -0.2) is 9.18 Å². The van der Waals surface area contributed by atoms with Crippen molar-refractivity contribution in [3.05, 3.63) is 24.0 Å². The zero-order valence-corrected chi connectivity index (χ0v) is 14.8. The first kappa shape index (κ1) is 16.6. The van der Waals surface area contributed by atoms with Crippen LogP contribution < -0.4 is 15.5 Å². The van der Waals surface area contributed by atoms with E-state index in [4.69, 9.17) is 4.74 Å². The summed E-state index contributed by atoms with van der Waals surface area (Å²) < 4.78 is 20.1. The Bertz CT molecular complexity index is 673. The maximum Gasteiger partial charge on any atom is 0.319 e. The molecule has 2 amide bonds. The van der Waals surface area contributed by atoms with E-state index < -0.39 is 0 Å². The number of benzene rings is 1. The summed E-state index contributed by atoms with van der Waals surface area (Å²) in [7, 11) is 0. The lowest BCUT2D eigenvalue weighted by Crippen LogP contribution is -2.67. The molecule has 1 aromatic rings. The van der Waals surface area contributed by atoms with Crippen LogP contribution in [0, 0.1) is 17.2 Å². The Hall–Kier alpha value is -1.82. The molecule has 1 aliphatic carbocycles. The molecule has 2 saturated heterocycles. The lowest BCUT2D eigenvalue weighted by molar-refractivity contribution is -0.107. The summed E-state index contributed by atoms with van der Waals surface area (Å²) in [5.41, 5.74) is 1.03. The minimum atomic E-state index is -0.284. The number of nitrogens with one attached hydrogen (secondary N) is 2. The smallest absolute Gasteiger partial charge is 0.319 e. The molecule has 0 unspecified atom stereocenters. The average Bonchev–Trinajstić information content (AvgIpc) is 3.23.